The maximum atomic E-state index is 12.5. The molecular formula is C14H20BrClN2OS. The minimum absolute atomic E-state index is 0. The molecule has 0 bridgehead atoms. The molecule has 0 aliphatic carbocycles. The smallest absolute Gasteiger partial charge is 0.238 e. The topological polar surface area (TPSA) is 46.3 Å². The Kier molecular flexibility index (Phi) is 6.38. The Morgan fingerprint density at radius 2 is 2.00 bits per heavy atom. The van der Waals surface area contributed by atoms with Gasteiger partial charge in [0, 0.05) is 28.5 Å². The van der Waals surface area contributed by atoms with Crippen molar-refractivity contribution in [1.82, 2.24) is 4.90 Å². The molecule has 1 saturated heterocycles. The number of carbonyl (C=O) groups excluding carboxylic acids is 1. The van der Waals surface area contributed by atoms with Gasteiger partial charge in [-0.15, -0.1) is 24.2 Å². The van der Waals surface area contributed by atoms with E-state index in [4.69, 9.17) is 5.73 Å². The van der Waals surface area contributed by atoms with Crippen molar-refractivity contribution in [3.8, 4) is 0 Å². The van der Waals surface area contributed by atoms with Gasteiger partial charge in [-0.3, -0.25) is 4.79 Å². The fourth-order valence-corrected chi connectivity index (χ4v) is 3.54. The zero-order chi connectivity index (χ0) is 14.0. The molecule has 1 aliphatic rings. The molecule has 0 spiro atoms. The first-order valence-corrected chi connectivity index (χ1v) is 7.99. The molecule has 1 amide bonds. The number of halogens is 2. The maximum absolute atomic E-state index is 12.5. The summed E-state index contributed by atoms with van der Waals surface area (Å²) in [6, 6.07) is 8.18. The standard InChI is InChI=1S/C14H19BrN2OS.ClH/c1-14(2,13(18)17-8-7-11(16)9-17)19-12-5-3-10(15)4-6-12;/h3-6,11H,7-9,16H2,1-2H3;1H/t11-;/m1./s1. The zero-order valence-corrected chi connectivity index (χ0v) is 14.9. The number of hydrogen-bond acceptors (Lipinski definition) is 3. The fraction of sp³-hybridized carbons (Fsp3) is 0.500. The van der Waals surface area contributed by atoms with Crippen molar-refractivity contribution in [1.29, 1.82) is 0 Å². The number of nitrogens with zero attached hydrogens (tertiary/aromatic N) is 1. The summed E-state index contributed by atoms with van der Waals surface area (Å²) in [4.78, 5) is 15.5. The zero-order valence-electron chi connectivity index (χ0n) is 11.6. The first-order valence-electron chi connectivity index (χ1n) is 6.38. The van der Waals surface area contributed by atoms with Crippen LogP contribution in [0.25, 0.3) is 0 Å². The predicted molar refractivity (Wildman–Crippen MR) is 90.5 cm³/mol. The third-order valence-corrected chi connectivity index (χ3v) is 4.94. The molecule has 1 heterocycles. The Hall–Kier alpha value is -0.230. The van der Waals surface area contributed by atoms with Crippen LogP contribution in [-0.2, 0) is 4.79 Å². The van der Waals surface area contributed by atoms with Gasteiger partial charge in [-0.1, -0.05) is 15.9 Å². The van der Waals surface area contributed by atoms with Crippen LogP contribution in [0.2, 0.25) is 0 Å². The van der Waals surface area contributed by atoms with Gasteiger partial charge in [0.25, 0.3) is 0 Å². The van der Waals surface area contributed by atoms with E-state index in [9.17, 15) is 4.79 Å². The number of benzene rings is 1. The van der Waals surface area contributed by atoms with Crippen molar-refractivity contribution in [3.63, 3.8) is 0 Å². The number of likely N-dealkylation sites (tertiary alicyclic amines) is 1. The second-order valence-corrected chi connectivity index (χ2v) is 7.98. The minimum atomic E-state index is -0.460. The molecule has 6 heteroatoms. The van der Waals surface area contributed by atoms with Crippen LogP contribution < -0.4 is 5.73 Å². The maximum Gasteiger partial charge on any atom is 0.238 e. The fourth-order valence-electron chi connectivity index (χ4n) is 2.19. The highest BCUT2D eigenvalue weighted by atomic mass is 79.9. The van der Waals surface area contributed by atoms with Crippen molar-refractivity contribution in [2.75, 3.05) is 13.1 Å². The van der Waals surface area contributed by atoms with E-state index in [0.29, 0.717) is 6.54 Å². The van der Waals surface area contributed by atoms with Gasteiger partial charge in [0.15, 0.2) is 0 Å². The van der Waals surface area contributed by atoms with Gasteiger partial charge in [0.05, 0.1) is 4.75 Å². The lowest BCUT2D eigenvalue weighted by molar-refractivity contribution is -0.131. The van der Waals surface area contributed by atoms with Crippen LogP contribution in [0.15, 0.2) is 33.6 Å². The Labute approximate surface area is 139 Å². The third kappa shape index (κ3) is 4.38. The average molecular weight is 380 g/mol. The molecule has 20 heavy (non-hydrogen) atoms. The Morgan fingerprint density at radius 3 is 2.50 bits per heavy atom. The van der Waals surface area contributed by atoms with Crippen molar-refractivity contribution in [3.05, 3.63) is 28.7 Å². The lowest BCUT2D eigenvalue weighted by Crippen LogP contribution is -2.43. The van der Waals surface area contributed by atoms with Crippen LogP contribution in [0.3, 0.4) is 0 Å². The summed E-state index contributed by atoms with van der Waals surface area (Å²) in [5.74, 6) is 0.174. The Bertz CT molecular complexity index is 467. The van der Waals surface area contributed by atoms with E-state index in [0.717, 1.165) is 22.3 Å². The van der Waals surface area contributed by atoms with Crippen molar-refractivity contribution >= 4 is 46.0 Å². The molecule has 112 valence electrons. The second-order valence-electron chi connectivity index (χ2n) is 5.37. The highest BCUT2D eigenvalue weighted by Gasteiger charge is 2.35. The summed E-state index contributed by atoms with van der Waals surface area (Å²) in [6.45, 7) is 5.42. The molecule has 1 aromatic rings. The first kappa shape index (κ1) is 17.8. The molecule has 1 aliphatic heterocycles. The monoisotopic (exact) mass is 378 g/mol. The molecule has 1 atom stereocenters. The summed E-state index contributed by atoms with van der Waals surface area (Å²) in [6.07, 6.45) is 0.908. The summed E-state index contributed by atoms with van der Waals surface area (Å²) in [5.41, 5.74) is 5.87. The van der Waals surface area contributed by atoms with E-state index in [1.54, 1.807) is 11.8 Å². The summed E-state index contributed by atoms with van der Waals surface area (Å²) < 4.78 is 0.587. The highest BCUT2D eigenvalue weighted by Crippen LogP contribution is 2.35. The van der Waals surface area contributed by atoms with E-state index in [1.807, 2.05) is 43.0 Å². The average Bonchev–Trinajstić information content (AvgIpc) is 2.77. The van der Waals surface area contributed by atoms with E-state index in [1.165, 1.54) is 0 Å². The molecule has 2 rings (SSSR count). The van der Waals surface area contributed by atoms with Crippen molar-refractivity contribution in [2.45, 2.75) is 36.0 Å². The highest BCUT2D eigenvalue weighted by molar-refractivity contribution is 9.10. The predicted octanol–water partition coefficient (Wildman–Crippen LogP) is 3.30. The largest absolute Gasteiger partial charge is 0.340 e. The van der Waals surface area contributed by atoms with E-state index in [2.05, 4.69) is 15.9 Å². The van der Waals surface area contributed by atoms with Crippen molar-refractivity contribution in [2.24, 2.45) is 5.73 Å². The van der Waals surface area contributed by atoms with E-state index < -0.39 is 4.75 Å². The molecule has 1 fully saturated rings. The normalized spacial score (nSPS) is 18.8. The molecule has 3 nitrogen and oxygen atoms in total. The van der Waals surface area contributed by atoms with Gasteiger partial charge in [0.2, 0.25) is 5.91 Å². The molecule has 0 saturated carbocycles. The SMILES string of the molecule is CC(C)(Sc1ccc(Br)cc1)C(=O)N1CC[C@@H](N)C1.Cl. The summed E-state index contributed by atoms with van der Waals surface area (Å²) in [5, 5.41) is 0. The Morgan fingerprint density at radius 1 is 1.40 bits per heavy atom. The van der Waals surface area contributed by atoms with Crippen LogP contribution in [0, 0.1) is 0 Å². The number of amides is 1. The van der Waals surface area contributed by atoms with Gasteiger partial charge < -0.3 is 10.6 Å². The molecule has 0 unspecified atom stereocenters. The van der Waals surface area contributed by atoms with Crippen LogP contribution in [0.5, 0.6) is 0 Å². The molecule has 0 radical (unpaired) electrons. The van der Waals surface area contributed by atoms with Gasteiger partial charge >= 0.3 is 0 Å². The summed E-state index contributed by atoms with van der Waals surface area (Å²) in [7, 11) is 0. The third-order valence-electron chi connectivity index (χ3n) is 3.21. The van der Waals surface area contributed by atoms with Gasteiger partial charge in [-0.05, 0) is 44.5 Å². The van der Waals surface area contributed by atoms with Crippen LogP contribution >= 0.6 is 40.1 Å². The quantitative estimate of drug-likeness (QED) is 0.820. The second kappa shape index (κ2) is 7.16. The number of rotatable bonds is 3. The van der Waals surface area contributed by atoms with Gasteiger partial charge in [0.1, 0.15) is 0 Å². The lowest BCUT2D eigenvalue weighted by Gasteiger charge is -2.28. The molecule has 0 aromatic heterocycles. The van der Waals surface area contributed by atoms with E-state index in [-0.39, 0.29) is 24.4 Å². The van der Waals surface area contributed by atoms with Crippen molar-refractivity contribution < 1.29 is 4.79 Å². The number of hydrogen-bond donors (Lipinski definition) is 1. The van der Waals surface area contributed by atoms with Gasteiger partial charge in [-0.25, -0.2) is 0 Å². The number of thioether (sulfide) groups is 1. The number of nitrogens with two attached hydrogens (primary N) is 1. The van der Waals surface area contributed by atoms with Crippen LogP contribution in [0.4, 0.5) is 0 Å². The van der Waals surface area contributed by atoms with Crippen LogP contribution in [0.1, 0.15) is 20.3 Å². The molecule has 2 N–H and O–H groups in total. The van der Waals surface area contributed by atoms with E-state index >= 15 is 0 Å². The lowest BCUT2D eigenvalue weighted by atomic mass is 10.2. The molecular weight excluding hydrogens is 360 g/mol. The summed E-state index contributed by atoms with van der Waals surface area (Å²) >= 11 is 5.01. The molecule has 1 aromatic carbocycles. The Balaban J connectivity index is 0.00000200. The first-order chi connectivity index (χ1) is 8.88. The number of carbonyl (C=O) groups is 1. The van der Waals surface area contributed by atoms with Crippen LogP contribution in [-0.4, -0.2) is 34.7 Å². The van der Waals surface area contributed by atoms with Gasteiger partial charge in [-0.2, -0.15) is 0 Å². The minimum Gasteiger partial charge on any atom is -0.340 e.